The number of hydrogen-bond acceptors (Lipinski definition) is 9. The number of nitrogens with one attached hydrogen (secondary N) is 1. The van der Waals surface area contributed by atoms with Crippen molar-refractivity contribution < 1.29 is 33.5 Å². The van der Waals surface area contributed by atoms with Crippen LogP contribution in [0, 0.1) is 15.5 Å². The van der Waals surface area contributed by atoms with Gasteiger partial charge in [-0.05, 0) is 6.07 Å². The van der Waals surface area contributed by atoms with Crippen LogP contribution >= 0.6 is 0 Å². The Balaban J connectivity index is 3.16. The monoisotopic (exact) mass is 363 g/mol. The van der Waals surface area contributed by atoms with Crippen molar-refractivity contribution in [3.8, 4) is 0 Å². The Morgan fingerprint density at radius 3 is 2.12 bits per heavy atom. The van der Waals surface area contributed by atoms with Crippen LogP contribution in [0.2, 0.25) is 0 Å². The second-order valence-electron chi connectivity index (χ2n) is 4.85. The van der Waals surface area contributed by atoms with Gasteiger partial charge in [-0.3, -0.25) is 15.5 Å². The van der Waals surface area contributed by atoms with Crippen molar-refractivity contribution >= 4 is 34.6 Å². The summed E-state index contributed by atoms with van der Waals surface area (Å²) in [5, 5.41) is 19.1. The van der Waals surface area contributed by atoms with Crippen LogP contribution in [0.3, 0.4) is 0 Å². The maximum absolute atomic E-state index is 12.2. The van der Waals surface area contributed by atoms with Gasteiger partial charge in [0.1, 0.15) is 5.56 Å². The number of carbonyl (C=O) groups is 3. The Hall–Kier alpha value is -3.76. The predicted octanol–water partition coefficient (Wildman–Crippen LogP) is 1.22. The maximum Gasteiger partial charge on any atom is 0.419 e. The molecule has 2 aromatic rings. The lowest BCUT2D eigenvalue weighted by molar-refractivity contribution is -0.384. The number of fused-ring (bicyclic) bond motifs is 1. The number of carbonyl (C=O) groups excluding carboxylic acids is 3. The third-order valence-electron chi connectivity index (χ3n) is 3.55. The highest BCUT2D eigenvalue weighted by atomic mass is 16.6. The number of pyridine rings is 1. The van der Waals surface area contributed by atoms with Crippen molar-refractivity contribution in [2.75, 3.05) is 21.3 Å². The van der Waals surface area contributed by atoms with E-state index in [1.807, 2.05) is 0 Å². The molecule has 0 spiro atoms. The van der Waals surface area contributed by atoms with Gasteiger partial charge < -0.3 is 14.2 Å². The van der Waals surface area contributed by atoms with E-state index >= 15 is 0 Å². The minimum Gasteiger partial charge on any atom is -0.465 e. The third kappa shape index (κ3) is 2.85. The van der Waals surface area contributed by atoms with Gasteiger partial charge in [0.15, 0.2) is 5.49 Å². The summed E-state index contributed by atoms with van der Waals surface area (Å²) in [6.07, 6.45) is -1.03. The number of methoxy groups -OCH3 is 3. The highest BCUT2D eigenvalue weighted by Crippen LogP contribution is 2.26. The lowest BCUT2D eigenvalue weighted by atomic mass is 10.0. The van der Waals surface area contributed by atoms with Gasteiger partial charge in [-0.1, -0.05) is 0 Å². The van der Waals surface area contributed by atoms with E-state index in [0.29, 0.717) is 4.57 Å². The molecule has 0 fully saturated rings. The molecule has 1 aromatic heterocycles. The molecule has 0 aliphatic carbocycles. The van der Waals surface area contributed by atoms with E-state index in [-0.39, 0.29) is 10.9 Å². The van der Waals surface area contributed by atoms with Crippen molar-refractivity contribution in [3.63, 3.8) is 0 Å². The third-order valence-corrected chi connectivity index (χ3v) is 3.55. The number of aromatic nitrogens is 1. The molecule has 0 saturated heterocycles. The molecule has 11 heteroatoms. The topological polar surface area (TPSA) is 151 Å². The number of nitro benzene ring substituents is 1. The van der Waals surface area contributed by atoms with Gasteiger partial charge in [-0.2, -0.15) is 0 Å². The summed E-state index contributed by atoms with van der Waals surface area (Å²) < 4.78 is 14.5. The summed E-state index contributed by atoms with van der Waals surface area (Å²) in [4.78, 5) is 46.9. The van der Waals surface area contributed by atoms with E-state index < -0.39 is 45.3 Å². The second-order valence-corrected chi connectivity index (χ2v) is 4.85. The summed E-state index contributed by atoms with van der Waals surface area (Å²) in [6, 6.07) is 3.24. The van der Waals surface area contributed by atoms with Crippen LogP contribution in [-0.4, -0.2) is 48.9 Å². The molecule has 0 aliphatic rings. The minimum atomic E-state index is -1.10. The van der Waals surface area contributed by atoms with Gasteiger partial charge in [0.2, 0.25) is 0 Å². The van der Waals surface area contributed by atoms with Crippen LogP contribution in [0.1, 0.15) is 20.7 Å². The standard InChI is InChI=1S/C15H13N3O8/c1-24-13(19)10-8-6-7(18(22)23)4-5-9(8)17(15(21)26-3)12(16)11(10)14(20)25-2/h4-6,16H,1-3H3. The molecule has 0 radical (unpaired) electrons. The lowest BCUT2D eigenvalue weighted by Crippen LogP contribution is -2.35. The average Bonchev–Trinajstić information content (AvgIpc) is 2.64. The molecule has 11 nitrogen and oxygen atoms in total. The smallest absolute Gasteiger partial charge is 0.419 e. The number of non-ortho nitro benzene ring substituents is 1. The number of ether oxygens (including phenoxy) is 3. The van der Waals surface area contributed by atoms with Crippen molar-refractivity contribution in [1.82, 2.24) is 4.57 Å². The van der Waals surface area contributed by atoms with Crippen molar-refractivity contribution in [2.24, 2.45) is 0 Å². The fraction of sp³-hybridized carbons (Fsp3) is 0.200. The van der Waals surface area contributed by atoms with Crippen LogP contribution in [0.15, 0.2) is 18.2 Å². The number of hydrogen-bond donors (Lipinski definition) is 1. The predicted molar refractivity (Wildman–Crippen MR) is 84.9 cm³/mol. The number of nitro groups is 1. The van der Waals surface area contributed by atoms with Crippen molar-refractivity contribution in [1.29, 1.82) is 5.41 Å². The fourth-order valence-electron chi connectivity index (χ4n) is 2.41. The van der Waals surface area contributed by atoms with Crippen LogP contribution in [0.5, 0.6) is 0 Å². The molecule has 136 valence electrons. The SMILES string of the molecule is COC(=O)c1c(C(=O)OC)c2cc([N+](=O)[O-])ccc2n(C(=O)OC)c1=N. The molecule has 1 heterocycles. The summed E-state index contributed by atoms with van der Waals surface area (Å²) in [6.45, 7) is 0. The van der Waals surface area contributed by atoms with Crippen molar-refractivity contribution in [2.45, 2.75) is 0 Å². The van der Waals surface area contributed by atoms with Gasteiger partial charge in [0, 0.05) is 17.5 Å². The molecule has 0 atom stereocenters. The zero-order valence-electron chi connectivity index (χ0n) is 13.9. The second kappa shape index (κ2) is 7.01. The van der Waals surface area contributed by atoms with E-state index in [1.54, 1.807) is 0 Å². The van der Waals surface area contributed by atoms with Gasteiger partial charge >= 0.3 is 18.0 Å². The molecule has 2 rings (SSSR count). The van der Waals surface area contributed by atoms with Gasteiger partial charge in [0.25, 0.3) is 5.69 Å². The van der Waals surface area contributed by atoms with E-state index in [4.69, 9.17) is 5.41 Å². The maximum atomic E-state index is 12.2. The van der Waals surface area contributed by atoms with E-state index in [2.05, 4.69) is 14.2 Å². The Morgan fingerprint density at radius 2 is 1.62 bits per heavy atom. The Bertz CT molecular complexity index is 1010. The minimum absolute atomic E-state index is 0.0551. The quantitative estimate of drug-likeness (QED) is 0.370. The van der Waals surface area contributed by atoms with Crippen LogP contribution in [-0.2, 0) is 14.2 Å². The Labute approximate surface area is 145 Å². The Kier molecular flexibility index (Phi) is 5.01. The average molecular weight is 363 g/mol. The molecule has 26 heavy (non-hydrogen) atoms. The first kappa shape index (κ1) is 18.6. The zero-order valence-corrected chi connectivity index (χ0v) is 13.9. The summed E-state index contributed by atoms with van der Waals surface area (Å²) in [5.74, 6) is -2.12. The number of rotatable bonds is 3. The molecular weight excluding hydrogens is 350 g/mol. The molecule has 0 unspecified atom stereocenters. The Morgan fingerprint density at radius 1 is 1.04 bits per heavy atom. The van der Waals surface area contributed by atoms with Gasteiger partial charge in [0.05, 0.1) is 37.3 Å². The van der Waals surface area contributed by atoms with Gasteiger partial charge in [-0.15, -0.1) is 0 Å². The molecule has 1 N–H and O–H groups in total. The van der Waals surface area contributed by atoms with Crippen LogP contribution < -0.4 is 5.49 Å². The number of esters is 2. The molecule has 0 amide bonds. The first-order chi connectivity index (χ1) is 12.3. The van der Waals surface area contributed by atoms with Crippen LogP contribution in [0.4, 0.5) is 10.5 Å². The van der Waals surface area contributed by atoms with Gasteiger partial charge in [-0.25, -0.2) is 19.0 Å². The normalized spacial score (nSPS) is 10.3. The largest absolute Gasteiger partial charge is 0.465 e. The first-order valence-corrected chi connectivity index (χ1v) is 6.95. The zero-order chi connectivity index (χ0) is 19.6. The van der Waals surface area contributed by atoms with E-state index in [0.717, 1.165) is 39.5 Å². The molecule has 1 aromatic carbocycles. The molecule has 0 aliphatic heterocycles. The summed E-state index contributed by atoms with van der Waals surface area (Å²) in [7, 11) is 3.11. The number of nitrogens with zero attached hydrogens (tertiary/aromatic N) is 2. The van der Waals surface area contributed by atoms with Crippen molar-refractivity contribution in [3.05, 3.63) is 44.9 Å². The van der Waals surface area contributed by atoms with E-state index in [1.165, 1.54) is 0 Å². The molecule has 0 saturated carbocycles. The summed E-state index contributed by atoms with van der Waals surface area (Å²) >= 11 is 0. The summed E-state index contributed by atoms with van der Waals surface area (Å²) in [5.41, 5.74) is -2.15. The first-order valence-electron chi connectivity index (χ1n) is 6.95. The molecule has 0 bridgehead atoms. The number of benzene rings is 1. The van der Waals surface area contributed by atoms with Crippen LogP contribution in [0.25, 0.3) is 10.9 Å². The highest BCUT2D eigenvalue weighted by Gasteiger charge is 2.29. The molecular formula is C15H13N3O8. The lowest BCUT2D eigenvalue weighted by Gasteiger charge is -2.15. The van der Waals surface area contributed by atoms with E-state index in [9.17, 15) is 24.5 Å². The fourth-order valence-corrected chi connectivity index (χ4v) is 2.41. The highest BCUT2D eigenvalue weighted by molar-refractivity contribution is 6.13.